The first-order valence-corrected chi connectivity index (χ1v) is 7.75. The molecule has 0 unspecified atom stereocenters. The minimum Gasteiger partial charge on any atom is -0.481 e. The lowest BCUT2D eigenvalue weighted by Gasteiger charge is -2.13. The van der Waals surface area contributed by atoms with Gasteiger partial charge in [0.2, 0.25) is 10.0 Å². The second-order valence-electron chi connectivity index (χ2n) is 4.83. The monoisotopic (exact) mass is 285 g/mol. The molecule has 0 spiro atoms. The molecule has 0 amide bonds. The van der Waals surface area contributed by atoms with Gasteiger partial charge in [-0.15, -0.1) is 0 Å². The van der Waals surface area contributed by atoms with E-state index in [1.165, 1.54) is 0 Å². The first kappa shape index (κ1) is 15.5. The van der Waals surface area contributed by atoms with Crippen molar-refractivity contribution in [2.24, 2.45) is 5.92 Å². The third kappa shape index (κ3) is 5.74. The Morgan fingerprint density at radius 2 is 1.95 bits per heavy atom. The molecule has 0 radical (unpaired) electrons. The molecule has 0 saturated carbocycles. The minimum atomic E-state index is -3.39. The Morgan fingerprint density at radius 3 is 2.53 bits per heavy atom. The maximum Gasteiger partial charge on any atom is 0.303 e. The second kappa shape index (κ2) is 6.56. The highest BCUT2D eigenvalue weighted by Crippen LogP contribution is 2.19. The van der Waals surface area contributed by atoms with E-state index in [0.29, 0.717) is 17.7 Å². The van der Waals surface area contributed by atoms with Crippen LogP contribution in [0.2, 0.25) is 0 Å². The Morgan fingerprint density at radius 1 is 1.32 bits per heavy atom. The smallest absolute Gasteiger partial charge is 0.303 e. The summed E-state index contributed by atoms with van der Waals surface area (Å²) in [6, 6.07) is 6.86. The number of hydrogen-bond donors (Lipinski definition) is 2. The minimum absolute atomic E-state index is 0.0249. The van der Waals surface area contributed by atoms with Crippen LogP contribution in [0.15, 0.2) is 24.3 Å². The highest BCUT2D eigenvalue weighted by atomic mass is 32.2. The molecule has 0 atom stereocenters. The van der Waals surface area contributed by atoms with Gasteiger partial charge in [-0.1, -0.05) is 32.0 Å². The Labute approximate surface area is 113 Å². The van der Waals surface area contributed by atoms with E-state index >= 15 is 0 Å². The molecule has 0 heterocycles. The number of carboxylic acid groups (broad SMARTS) is 1. The van der Waals surface area contributed by atoms with Crippen LogP contribution in [0.4, 0.5) is 5.69 Å². The second-order valence-corrected chi connectivity index (χ2v) is 6.60. The number of para-hydroxylation sites is 1. The average Bonchev–Trinajstić information content (AvgIpc) is 2.25. The van der Waals surface area contributed by atoms with E-state index in [1.807, 2.05) is 13.8 Å². The van der Waals surface area contributed by atoms with Crippen molar-refractivity contribution in [3.63, 3.8) is 0 Å². The Hall–Kier alpha value is -1.56. The number of carboxylic acids is 1. The van der Waals surface area contributed by atoms with Crippen molar-refractivity contribution in [1.82, 2.24) is 0 Å². The summed E-state index contributed by atoms with van der Waals surface area (Å²) in [4.78, 5) is 10.6. The summed E-state index contributed by atoms with van der Waals surface area (Å²) in [5.74, 6) is -0.830. The van der Waals surface area contributed by atoms with Gasteiger partial charge in [0.25, 0.3) is 0 Å². The normalized spacial score (nSPS) is 11.5. The number of anilines is 1. The van der Waals surface area contributed by atoms with Crippen LogP contribution in [0.1, 0.15) is 25.8 Å². The van der Waals surface area contributed by atoms with Crippen molar-refractivity contribution in [3.05, 3.63) is 29.8 Å². The molecule has 106 valence electrons. The molecule has 0 aliphatic carbocycles. The number of aryl methyl sites for hydroxylation is 1. The number of nitrogens with one attached hydrogen (secondary N) is 1. The number of aliphatic carboxylic acids is 1. The predicted molar refractivity (Wildman–Crippen MR) is 74.6 cm³/mol. The topological polar surface area (TPSA) is 83.5 Å². The molecule has 1 rings (SSSR count). The van der Waals surface area contributed by atoms with E-state index in [9.17, 15) is 13.2 Å². The Balaban J connectivity index is 2.86. The van der Waals surface area contributed by atoms with Crippen LogP contribution in [0.25, 0.3) is 0 Å². The number of carbonyl (C=O) groups is 1. The van der Waals surface area contributed by atoms with Gasteiger partial charge in [0.1, 0.15) is 0 Å². The largest absolute Gasteiger partial charge is 0.481 e. The summed E-state index contributed by atoms with van der Waals surface area (Å²) in [5, 5.41) is 8.68. The van der Waals surface area contributed by atoms with E-state index in [0.717, 1.165) is 0 Å². The van der Waals surface area contributed by atoms with Crippen LogP contribution >= 0.6 is 0 Å². The van der Waals surface area contributed by atoms with E-state index in [4.69, 9.17) is 5.11 Å². The van der Waals surface area contributed by atoms with Crippen LogP contribution in [-0.4, -0.2) is 25.2 Å². The molecule has 19 heavy (non-hydrogen) atoms. The summed E-state index contributed by atoms with van der Waals surface area (Å²) >= 11 is 0. The summed E-state index contributed by atoms with van der Waals surface area (Å²) in [7, 11) is -3.39. The van der Waals surface area contributed by atoms with Crippen LogP contribution in [-0.2, 0) is 21.2 Å². The van der Waals surface area contributed by atoms with Crippen molar-refractivity contribution in [3.8, 4) is 0 Å². The van der Waals surface area contributed by atoms with Crippen molar-refractivity contribution in [1.29, 1.82) is 0 Å². The number of rotatable bonds is 7. The zero-order valence-corrected chi connectivity index (χ0v) is 11.9. The van der Waals surface area contributed by atoms with Crippen molar-refractivity contribution < 1.29 is 18.3 Å². The molecule has 6 heteroatoms. The molecule has 0 bridgehead atoms. The summed E-state index contributed by atoms with van der Waals surface area (Å²) < 4.78 is 26.3. The van der Waals surface area contributed by atoms with Crippen molar-refractivity contribution in [2.45, 2.75) is 26.7 Å². The third-order valence-corrected chi connectivity index (χ3v) is 4.08. The Bertz CT molecular complexity index is 537. The quantitative estimate of drug-likeness (QED) is 0.803. The highest BCUT2D eigenvalue weighted by molar-refractivity contribution is 7.92. The zero-order valence-electron chi connectivity index (χ0n) is 11.1. The molecular formula is C13H19NO4S. The third-order valence-electron chi connectivity index (χ3n) is 2.44. The van der Waals surface area contributed by atoms with E-state index in [2.05, 4.69) is 4.72 Å². The number of hydrogen-bond acceptors (Lipinski definition) is 3. The highest BCUT2D eigenvalue weighted by Gasteiger charge is 2.14. The van der Waals surface area contributed by atoms with Gasteiger partial charge >= 0.3 is 5.97 Å². The number of benzene rings is 1. The molecule has 0 saturated heterocycles. The lowest BCUT2D eigenvalue weighted by Crippen LogP contribution is -2.20. The summed E-state index contributed by atoms with van der Waals surface area (Å²) in [5.41, 5.74) is 1.15. The maximum atomic E-state index is 11.9. The lowest BCUT2D eigenvalue weighted by molar-refractivity contribution is -0.136. The van der Waals surface area contributed by atoms with E-state index in [-0.39, 0.29) is 18.1 Å². The standard InChI is InChI=1S/C13H19NO4S/c1-10(2)9-19(17,18)14-12-6-4-3-5-11(12)7-8-13(15)16/h3-6,10,14H,7-9H2,1-2H3,(H,15,16). The first-order chi connectivity index (χ1) is 8.80. The van der Waals surface area contributed by atoms with E-state index in [1.54, 1.807) is 24.3 Å². The molecule has 0 aliphatic rings. The molecule has 0 aromatic heterocycles. The van der Waals surface area contributed by atoms with Crippen LogP contribution in [0.3, 0.4) is 0 Å². The maximum absolute atomic E-state index is 11.9. The van der Waals surface area contributed by atoms with Crippen molar-refractivity contribution >= 4 is 21.7 Å². The van der Waals surface area contributed by atoms with Gasteiger partial charge < -0.3 is 5.11 Å². The molecule has 0 fully saturated rings. The van der Waals surface area contributed by atoms with Gasteiger partial charge in [0.15, 0.2) is 0 Å². The number of sulfonamides is 1. The fourth-order valence-corrected chi connectivity index (χ4v) is 3.22. The summed E-state index contributed by atoms with van der Waals surface area (Å²) in [6.07, 6.45) is 0.276. The van der Waals surface area contributed by atoms with Crippen LogP contribution < -0.4 is 4.72 Å². The first-order valence-electron chi connectivity index (χ1n) is 6.10. The van der Waals surface area contributed by atoms with E-state index < -0.39 is 16.0 Å². The Kier molecular flexibility index (Phi) is 5.35. The molecule has 1 aromatic carbocycles. The predicted octanol–water partition coefficient (Wildman–Crippen LogP) is 2.10. The average molecular weight is 285 g/mol. The van der Waals surface area contributed by atoms with Gasteiger partial charge in [0.05, 0.1) is 11.4 Å². The van der Waals surface area contributed by atoms with Crippen molar-refractivity contribution in [2.75, 3.05) is 10.5 Å². The fourth-order valence-electron chi connectivity index (χ4n) is 1.73. The van der Waals surface area contributed by atoms with Crippen LogP contribution in [0, 0.1) is 5.92 Å². The lowest BCUT2D eigenvalue weighted by atomic mass is 10.1. The van der Waals surface area contributed by atoms with Gasteiger partial charge in [-0.05, 0) is 24.0 Å². The molecule has 2 N–H and O–H groups in total. The van der Waals surface area contributed by atoms with Crippen LogP contribution in [0.5, 0.6) is 0 Å². The van der Waals surface area contributed by atoms with Gasteiger partial charge in [-0.3, -0.25) is 9.52 Å². The molecular weight excluding hydrogens is 266 g/mol. The molecule has 1 aromatic rings. The molecule has 5 nitrogen and oxygen atoms in total. The molecule has 0 aliphatic heterocycles. The van der Waals surface area contributed by atoms with Gasteiger partial charge in [0, 0.05) is 6.42 Å². The fraction of sp³-hybridized carbons (Fsp3) is 0.462. The van der Waals surface area contributed by atoms with Gasteiger partial charge in [-0.25, -0.2) is 8.42 Å². The van der Waals surface area contributed by atoms with Gasteiger partial charge in [-0.2, -0.15) is 0 Å². The zero-order chi connectivity index (χ0) is 14.5. The SMILES string of the molecule is CC(C)CS(=O)(=O)Nc1ccccc1CCC(=O)O. The summed E-state index contributed by atoms with van der Waals surface area (Å²) in [6.45, 7) is 3.66.